The molecule has 0 spiro atoms. The zero-order valence-electron chi connectivity index (χ0n) is 13.5. The summed E-state index contributed by atoms with van der Waals surface area (Å²) in [7, 11) is 0. The molecule has 1 aromatic heterocycles. The molecule has 6 nitrogen and oxygen atoms in total. The van der Waals surface area contributed by atoms with E-state index in [0.717, 1.165) is 25.2 Å². The maximum atomic E-state index is 13.0. The third-order valence-electron chi connectivity index (χ3n) is 4.75. The third kappa shape index (κ3) is 2.29. The Morgan fingerprint density at radius 3 is 2.96 bits per heavy atom. The second-order valence-corrected chi connectivity index (χ2v) is 6.59. The van der Waals surface area contributed by atoms with Crippen molar-refractivity contribution in [3.8, 4) is 0 Å². The summed E-state index contributed by atoms with van der Waals surface area (Å²) >= 11 is 0. The predicted octanol–water partition coefficient (Wildman–Crippen LogP) is 2.49. The van der Waals surface area contributed by atoms with Crippen LogP contribution in [0.25, 0.3) is 0 Å². The summed E-state index contributed by atoms with van der Waals surface area (Å²) in [6.07, 6.45) is 1.01. The topological polar surface area (TPSA) is 63.1 Å². The van der Waals surface area contributed by atoms with E-state index in [4.69, 9.17) is 0 Å². The lowest BCUT2D eigenvalue weighted by Gasteiger charge is -2.17. The van der Waals surface area contributed by atoms with Crippen LogP contribution in [0.15, 0.2) is 24.3 Å². The zero-order valence-corrected chi connectivity index (χ0v) is 13.5. The van der Waals surface area contributed by atoms with Crippen LogP contribution in [-0.4, -0.2) is 33.8 Å². The van der Waals surface area contributed by atoms with Crippen LogP contribution in [0.3, 0.4) is 0 Å². The Hall–Kier alpha value is -2.37. The Morgan fingerprint density at radius 1 is 1.35 bits per heavy atom. The van der Waals surface area contributed by atoms with Gasteiger partial charge in [0.05, 0.1) is 0 Å². The molecule has 1 aromatic carbocycles. The highest BCUT2D eigenvalue weighted by molar-refractivity contribution is 6.05. The van der Waals surface area contributed by atoms with E-state index in [-0.39, 0.29) is 11.7 Å². The van der Waals surface area contributed by atoms with Crippen LogP contribution in [0.2, 0.25) is 0 Å². The van der Waals surface area contributed by atoms with Crippen LogP contribution in [0, 0.1) is 5.92 Å². The fourth-order valence-electron chi connectivity index (χ4n) is 3.47. The van der Waals surface area contributed by atoms with E-state index in [1.165, 1.54) is 5.56 Å². The van der Waals surface area contributed by atoms with Crippen molar-refractivity contribution in [1.29, 1.82) is 0 Å². The highest BCUT2D eigenvalue weighted by atomic mass is 16.2. The Labute approximate surface area is 135 Å². The van der Waals surface area contributed by atoms with Crippen molar-refractivity contribution in [3.63, 3.8) is 0 Å². The van der Waals surface area contributed by atoms with Gasteiger partial charge in [-0.3, -0.25) is 4.79 Å². The summed E-state index contributed by atoms with van der Waals surface area (Å²) in [6, 6.07) is 8.17. The molecular formula is C17H21N5O. The van der Waals surface area contributed by atoms with Gasteiger partial charge in [0.15, 0.2) is 0 Å². The molecule has 3 heterocycles. The minimum atomic E-state index is -0.107. The number of hydrogen-bond donors (Lipinski definition) is 1. The van der Waals surface area contributed by atoms with Gasteiger partial charge in [-0.1, -0.05) is 32.0 Å². The zero-order chi connectivity index (χ0) is 16.0. The van der Waals surface area contributed by atoms with Crippen molar-refractivity contribution in [2.24, 2.45) is 5.92 Å². The van der Waals surface area contributed by atoms with Gasteiger partial charge in [0.1, 0.15) is 0 Å². The van der Waals surface area contributed by atoms with E-state index in [9.17, 15) is 4.79 Å². The standard InChI is InChI=1S/C17H21N5O/c1-11(2)13-10-21(14-7-4-3-6-12(13)14)16(23)15-19-17-18-8-5-9-22(17)20-15/h3-4,6-7,11,13H,5,8-10H2,1-2H3,(H,18,19,20). The van der Waals surface area contributed by atoms with Crippen LogP contribution >= 0.6 is 0 Å². The monoisotopic (exact) mass is 311 g/mol. The van der Waals surface area contributed by atoms with E-state index in [0.29, 0.717) is 24.3 Å². The minimum Gasteiger partial charge on any atom is -0.354 e. The summed E-state index contributed by atoms with van der Waals surface area (Å²) in [4.78, 5) is 19.2. The first-order valence-electron chi connectivity index (χ1n) is 8.24. The number of aryl methyl sites for hydroxylation is 1. The highest BCUT2D eigenvalue weighted by Gasteiger charge is 2.35. The van der Waals surface area contributed by atoms with E-state index in [1.54, 1.807) is 4.68 Å². The van der Waals surface area contributed by atoms with Crippen LogP contribution in [0.5, 0.6) is 0 Å². The SMILES string of the molecule is CC(C)C1CN(C(=O)c2nc3n(n2)CCCN3)c2ccccc21. The maximum Gasteiger partial charge on any atom is 0.298 e. The Balaban J connectivity index is 1.68. The second kappa shape index (κ2) is 5.37. The molecule has 23 heavy (non-hydrogen) atoms. The van der Waals surface area contributed by atoms with Gasteiger partial charge in [-0.2, -0.15) is 4.98 Å². The van der Waals surface area contributed by atoms with Gasteiger partial charge in [-0.05, 0) is 24.0 Å². The summed E-state index contributed by atoms with van der Waals surface area (Å²) < 4.78 is 1.79. The number of nitrogens with one attached hydrogen (secondary N) is 1. The molecule has 2 aliphatic heterocycles. The smallest absolute Gasteiger partial charge is 0.298 e. The molecule has 4 rings (SSSR count). The molecule has 0 saturated carbocycles. The number of hydrogen-bond acceptors (Lipinski definition) is 4. The van der Waals surface area contributed by atoms with E-state index in [2.05, 4.69) is 35.3 Å². The van der Waals surface area contributed by atoms with Crippen molar-refractivity contribution < 1.29 is 4.79 Å². The number of para-hydroxylation sites is 1. The average molecular weight is 311 g/mol. The van der Waals surface area contributed by atoms with Gasteiger partial charge in [0.25, 0.3) is 5.91 Å². The maximum absolute atomic E-state index is 13.0. The summed E-state index contributed by atoms with van der Waals surface area (Å²) in [5.41, 5.74) is 2.25. The normalized spacial score (nSPS) is 19.4. The second-order valence-electron chi connectivity index (χ2n) is 6.59. The van der Waals surface area contributed by atoms with Crippen molar-refractivity contribution in [2.75, 3.05) is 23.3 Å². The number of carbonyl (C=O) groups excluding carboxylic acids is 1. The van der Waals surface area contributed by atoms with Crippen LogP contribution < -0.4 is 10.2 Å². The van der Waals surface area contributed by atoms with Gasteiger partial charge >= 0.3 is 0 Å². The molecule has 0 saturated heterocycles. The fourth-order valence-corrected chi connectivity index (χ4v) is 3.47. The average Bonchev–Trinajstić information content (AvgIpc) is 3.16. The number of rotatable bonds is 2. The van der Waals surface area contributed by atoms with E-state index in [1.807, 2.05) is 23.1 Å². The first kappa shape index (κ1) is 14.2. The first-order valence-corrected chi connectivity index (χ1v) is 8.24. The van der Waals surface area contributed by atoms with E-state index < -0.39 is 0 Å². The molecule has 0 bridgehead atoms. The van der Waals surface area contributed by atoms with Crippen molar-refractivity contribution in [1.82, 2.24) is 14.8 Å². The predicted molar refractivity (Wildman–Crippen MR) is 88.8 cm³/mol. The number of amides is 1. The quantitative estimate of drug-likeness (QED) is 0.925. The van der Waals surface area contributed by atoms with Gasteiger partial charge in [0, 0.05) is 31.2 Å². The molecular weight excluding hydrogens is 290 g/mol. The van der Waals surface area contributed by atoms with E-state index >= 15 is 0 Å². The number of carbonyl (C=O) groups is 1. The lowest BCUT2D eigenvalue weighted by molar-refractivity contribution is 0.0977. The number of nitrogens with zero attached hydrogens (tertiary/aromatic N) is 4. The lowest BCUT2D eigenvalue weighted by atomic mass is 9.90. The van der Waals surface area contributed by atoms with Gasteiger partial charge in [-0.25, -0.2) is 4.68 Å². The highest BCUT2D eigenvalue weighted by Crippen LogP contribution is 2.40. The first-order chi connectivity index (χ1) is 11.1. The Bertz CT molecular complexity index is 728. The molecule has 2 aliphatic rings. The number of benzene rings is 1. The van der Waals surface area contributed by atoms with Crippen molar-refractivity contribution in [2.45, 2.75) is 32.7 Å². The molecule has 120 valence electrons. The van der Waals surface area contributed by atoms with Gasteiger partial charge < -0.3 is 10.2 Å². The molecule has 2 aromatic rings. The molecule has 0 fully saturated rings. The number of fused-ring (bicyclic) bond motifs is 2. The van der Waals surface area contributed by atoms with Crippen molar-refractivity contribution >= 4 is 17.5 Å². The summed E-state index contributed by atoms with van der Waals surface area (Å²) in [6.45, 7) is 6.80. The van der Waals surface area contributed by atoms with Gasteiger partial charge in [-0.15, -0.1) is 5.10 Å². The molecule has 0 aliphatic carbocycles. The molecule has 0 radical (unpaired) electrons. The summed E-state index contributed by atoms with van der Waals surface area (Å²) in [5, 5.41) is 7.58. The van der Waals surface area contributed by atoms with Gasteiger partial charge in [0.2, 0.25) is 11.8 Å². The lowest BCUT2D eigenvalue weighted by Crippen LogP contribution is -2.31. The minimum absolute atomic E-state index is 0.107. The van der Waals surface area contributed by atoms with Crippen LogP contribution in [-0.2, 0) is 6.54 Å². The number of anilines is 2. The van der Waals surface area contributed by atoms with Crippen LogP contribution in [0.1, 0.15) is 42.4 Å². The number of aromatic nitrogens is 3. The Morgan fingerprint density at radius 2 is 2.17 bits per heavy atom. The molecule has 6 heteroatoms. The molecule has 1 atom stereocenters. The molecule has 1 N–H and O–H groups in total. The van der Waals surface area contributed by atoms with Crippen LogP contribution in [0.4, 0.5) is 11.6 Å². The summed E-state index contributed by atoms with van der Waals surface area (Å²) in [5.74, 6) is 1.73. The molecule has 1 unspecified atom stereocenters. The third-order valence-corrected chi connectivity index (χ3v) is 4.75. The largest absolute Gasteiger partial charge is 0.354 e. The van der Waals surface area contributed by atoms with Crippen molar-refractivity contribution in [3.05, 3.63) is 35.7 Å². The molecule has 1 amide bonds. The fraction of sp³-hybridized carbons (Fsp3) is 0.471. The Kier molecular flexibility index (Phi) is 3.32.